The van der Waals surface area contributed by atoms with Crippen LogP contribution in [-0.2, 0) is 4.79 Å². The first-order valence-corrected chi connectivity index (χ1v) is 7.09. The van der Waals surface area contributed by atoms with Gasteiger partial charge in [-0.2, -0.15) is 0 Å². The predicted octanol–water partition coefficient (Wildman–Crippen LogP) is 3.65. The van der Waals surface area contributed by atoms with Gasteiger partial charge in [0, 0.05) is 16.1 Å². The van der Waals surface area contributed by atoms with Crippen LogP contribution in [0.3, 0.4) is 0 Å². The molecule has 0 heterocycles. The molecule has 0 bridgehead atoms. The van der Waals surface area contributed by atoms with Gasteiger partial charge < -0.3 is 9.47 Å². The number of aryl methyl sites for hydroxylation is 1. The number of benzene rings is 2. The second kappa shape index (κ2) is 7.04. The molecule has 0 aliphatic carbocycles. The lowest BCUT2D eigenvalue weighted by molar-refractivity contribution is -0.385. The second-order valence-corrected chi connectivity index (χ2v) is 5.34. The van der Waals surface area contributed by atoms with Crippen molar-refractivity contribution in [2.24, 2.45) is 0 Å². The predicted molar refractivity (Wildman–Crippen MR) is 83.1 cm³/mol. The highest BCUT2D eigenvalue weighted by Crippen LogP contribution is 2.23. The molecule has 0 amide bonds. The van der Waals surface area contributed by atoms with Crippen LogP contribution in [0.2, 0.25) is 0 Å². The standard InChI is InChI=1S/C15H12BrNO5/c1-10-7-13(5-6-14(10)17(19)20)22-15(18)9-21-12-4-2-3-11(16)8-12/h2-8H,9H2,1H3. The minimum absolute atomic E-state index is 0.0230. The molecule has 0 aliphatic rings. The smallest absolute Gasteiger partial charge is 0.349 e. The van der Waals surface area contributed by atoms with Gasteiger partial charge in [-0.15, -0.1) is 0 Å². The van der Waals surface area contributed by atoms with Crippen molar-refractivity contribution in [3.8, 4) is 11.5 Å². The SMILES string of the molecule is Cc1cc(OC(=O)COc2cccc(Br)c2)ccc1[N+](=O)[O-]. The van der Waals surface area contributed by atoms with Gasteiger partial charge >= 0.3 is 5.97 Å². The molecule has 0 N–H and O–H groups in total. The molecule has 2 rings (SSSR count). The molecule has 0 aromatic heterocycles. The van der Waals surface area contributed by atoms with Crippen LogP contribution in [0.15, 0.2) is 46.9 Å². The minimum atomic E-state index is -0.590. The summed E-state index contributed by atoms with van der Waals surface area (Å²) in [7, 11) is 0. The third-order valence-corrected chi connectivity index (χ3v) is 3.24. The van der Waals surface area contributed by atoms with E-state index in [1.165, 1.54) is 18.2 Å². The maximum absolute atomic E-state index is 11.7. The van der Waals surface area contributed by atoms with Crippen molar-refractivity contribution in [1.82, 2.24) is 0 Å². The number of nitrogens with zero attached hydrogens (tertiary/aromatic N) is 1. The summed E-state index contributed by atoms with van der Waals surface area (Å²) in [5.74, 6) is 0.186. The molecule has 0 saturated carbocycles. The summed E-state index contributed by atoms with van der Waals surface area (Å²) in [4.78, 5) is 21.9. The van der Waals surface area contributed by atoms with Gasteiger partial charge in [0.1, 0.15) is 11.5 Å². The molecular formula is C15H12BrNO5. The van der Waals surface area contributed by atoms with E-state index in [-0.39, 0.29) is 18.0 Å². The van der Waals surface area contributed by atoms with Gasteiger partial charge in [0.25, 0.3) is 5.69 Å². The normalized spacial score (nSPS) is 10.1. The van der Waals surface area contributed by atoms with E-state index >= 15 is 0 Å². The monoisotopic (exact) mass is 365 g/mol. The Hall–Kier alpha value is -2.41. The van der Waals surface area contributed by atoms with Gasteiger partial charge in [-0.1, -0.05) is 22.0 Å². The number of nitro benzene ring substituents is 1. The highest BCUT2D eigenvalue weighted by molar-refractivity contribution is 9.10. The third-order valence-electron chi connectivity index (χ3n) is 2.75. The number of carbonyl (C=O) groups excluding carboxylic acids is 1. The Bertz CT molecular complexity index is 717. The Morgan fingerprint density at radius 1 is 1.23 bits per heavy atom. The quantitative estimate of drug-likeness (QED) is 0.349. The van der Waals surface area contributed by atoms with E-state index < -0.39 is 10.9 Å². The maximum Gasteiger partial charge on any atom is 0.349 e. The van der Waals surface area contributed by atoms with Crippen LogP contribution in [0.4, 0.5) is 5.69 Å². The zero-order chi connectivity index (χ0) is 16.1. The molecule has 0 saturated heterocycles. The number of ether oxygens (including phenoxy) is 2. The minimum Gasteiger partial charge on any atom is -0.482 e. The summed E-state index contributed by atoms with van der Waals surface area (Å²) < 4.78 is 11.2. The summed E-state index contributed by atoms with van der Waals surface area (Å²) in [6, 6.07) is 11.2. The topological polar surface area (TPSA) is 78.7 Å². The molecule has 0 unspecified atom stereocenters. The van der Waals surface area contributed by atoms with Crippen molar-refractivity contribution < 1.29 is 19.2 Å². The van der Waals surface area contributed by atoms with Crippen molar-refractivity contribution in [1.29, 1.82) is 0 Å². The molecular weight excluding hydrogens is 354 g/mol. The third kappa shape index (κ3) is 4.29. The van der Waals surface area contributed by atoms with Gasteiger partial charge in [-0.25, -0.2) is 4.79 Å². The van der Waals surface area contributed by atoms with Crippen LogP contribution in [-0.4, -0.2) is 17.5 Å². The van der Waals surface area contributed by atoms with E-state index in [2.05, 4.69) is 15.9 Å². The molecule has 0 atom stereocenters. The zero-order valence-electron chi connectivity index (χ0n) is 11.6. The summed E-state index contributed by atoms with van der Waals surface area (Å²) in [6.07, 6.45) is 0. The van der Waals surface area contributed by atoms with Crippen LogP contribution in [0.5, 0.6) is 11.5 Å². The lowest BCUT2D eigenvalue weighted by atomic mass is 10.2. The number of esters is 1. The number of halogens is 1. The van der Waals surface area contributed by atoms with Crippen molar-refractivity contribution in [3.05, 3.63) is 62.6 Å². The fraction of sp³-hybridized carbons (Fsp3) is 0.133. The summed E-state index contributed by atoms with van der Waals surface area (Å²) in [5, 5.41) is 10.7. The number of hydrogen-bond acceptors (Lipinski definition) is 5. The first-order valence-electron chi connectivity index (χ1n) is 6.30. The van der Waals surface area contributed by atoms with Crippen molar-refractivity contribution in [2.45, 2.75) is 6.92 Å². The lowest BCUT2D eigenvalue weighted by Gasteiger charge is -2.07. The molecule has 0 fully saturated rings. The van der Waals surface area contributed by atoms with Crippen molar-refractivity contribution in [2.75, 3.05) is 6.61 Å². The van der Waals surface area contributed by atoms with E-state index in [0.717, 1.165) is 4.47 Å². The van der Waals surface area contributed by atoms with E-state index in [4.69, 9.17) is 9.47 Å². The Morgan fingerprint density at radius 3 is 2.64 bits per heavy atom. The molecule has 2 aromatic rings. The average molecular weight is 366 g/mol. The van der Waals surface area contributed by atoms with Gasteiger partial charge in [0.2, 0.25) is 0 Å². The van der Waals surface area contributed by atoms with Crippen LogP contribution in [0.25, 0.3) is 0 Å². The van der Waals surface area contributed by atoms with Gasteiger partial charge in [-0.3, -0.25) is 10.1 Å². The van der Waals surface area contributed by atoms with Gasteiger partial charge in [-0.05, 0) is 37.3 Å². The summed E-state index contributed by atoms with van der Waals surface area (Å²) >= 11 is 3.30. The second-order valence-electron chi connectivity index (χ2n) is 4.43. The van der Waals surface area contributed by atoms with Crippen molar-refractivity contribution >= 4 is 27.6 Å². The van der Waals surface area contributed by atoms with Crippen LogP contribution >= 0.6 is 15.9 Å². The molecule has 0 aliphatic heterocycles. The van der Waals surface area contributed by atoms with Crippen molar-refractivity contribution in [3.63, 3.8) is 0 Å². The summed E-state index contributed by atoms with van der Waals surface area (Å²) in [5.41, 5.74) is 0.397. The highest BCUT2D eigenvalue weighted by Gasteiger charge is 2.13. The molecule has 0 radical (unpaired) electrons. The fourth-order valence-electron chi connectivity index (χ4n) is 1.76. The number of rotatable bonds is 5. The molecule has 22 heavy (non-hydrogen) atoms. The van der Waals surface area contributed by atoms with E-state index in [1.807, 2.05) is 6.07 Å². The van der Waals surface area contributed by atoms with E-state index in [9.17, 15) is 14.9 Å². The maximum atomic E-state index is 11.7. The Kier molecular flexibility index (Phi) is 5.11. The number of nitro groups is 1. The van der Waals surface area contributed by atoms with Crippen LogP contribution in [0, 0.1) is 17.0 Å². The molecule has 114 valence electrons. The number of carbonyl (C=O) groups is 1. The molecule has 7 heteroatoms. The lowest BCUT2D eigenvalue weighted by Crippen LogP contribution is -2.17. The summed E-state index contributed by atoms with van der Waals surface area (Å²) in [6.45, 7) is 1.32. The molecule has 0 spiro atoms. The van der Waals surface area contributed by atoms with E-state index in [0.29, 0.717) is 11.3 Å². The van der Waals surface area contributed by atoms with E-state index in [1.54, 1.807) is 25.1 Å². The first-order chi connectivity index (χ1) is 10.5. The highest BCUT2D eigenvalue weighted by atomic mass is 79.9. The molecule has 6 nitrogen and oxygen atoms in total. The molecule has 2 aromatic carbocycles. The number of hydrogen-bond donors (Lipinski definition) is 0. The average Bonchev–Trinajstić information content (AvgIpc) is 2.45. The zero-order valence-corrected chi connectivity index (χ0v) is 13.2. The Labute approximate surface area is 134 Å². The van der Waals surface area contributed by atoms with Crippen LogP contribution in [0.1, 0.15) is 5.56 Å². The van der Waals surface area contributed by atoms with Gasteiger partial charge in [0.05, 0.1) is 4.92 Å². The Morgan fingerprint density at radius 2 is 2.00 bits per heavy atom. The van der Waals surface area contributed by atoms with Gasteiger partial charge in [0.15, 0.2) is 6.61 Å². The van der Waals surface area contributed by atoms with Crippen LogP contribution < -0.4 is 9.47 Å². The fourth-order valence-corrected chi connectivity index (χ4v) is 2.13. The Balaban J connectivity index is 1.95. The first kappa shape index (κ1) is 16.0. The largest absolute Gasteiger partial charge is 0.482 e.